The first kappa shape index (κ1) is 14.0. The molecule has 0 amide bonds. The molecule has 0 atom stereocenters. The molecular weight excluding hydrogens is 258 g/mol. The summed E-state index contributed by atoms with van der Waals surface area (Å²) in [6.45, 7) is 5.90. The van der Waals surface area contributed by atoms with Gasteiger partial charge in [-0.15, -0.1) is 0 Å². The van der Waals surface area contributed by atoms with Gasteiger partial charge in [0, 0.05) is 12.0 Å². The zero-order chi connectivity index (χ0) is 14.9. The Morgan fingerprint density at radius 1 is 1.40 bits per heavy atom. The lowest BCUT2D eigenvalue weighted by Crippen LogP contribution is -2.04. The molecule has 1 aromatic carbocycles. The predicted molar refractivity (Wildman–Crippen MR) is 73.7 cm³/mol. The highest BCUT2D eigenvalue weighted by atomic mass is 16.5. The first-order valence-corrected chi connectivity index (χ1v) is 6.29. The summed E-state index contributed by atoms with van der Waals surface area (Å²) in [6, 6.07) is 4.85. The summed E-state index contributed by atoms with van der Waals surface area (Å²) in [7, 11) is 1.44. The van der Waals surface area contributed by atoms with Crippen molar-refractivity contribution in [3.63, 3.8) is 0 Å². The minimum atomic E-state index is -1.02. The molecule has 1 heterocycles. The zero-order valence-electron chi connectivity index (χ0n) is 11.9. The first-order chi connectivity index (χ1) is 9.43. The minimum absolute atomic E-state index is 0.123. The van der Waals surface area contributed by atoms with Crippen LogP contribution in [0.2, 0.25) is 0 Å². The molecule has 0 saturated carbocycles. The quantitative estimate of drug-likeness (QED) is 0.927. The Bertz CT molecular complexity index is 647. The minimum Gasteiger partial charge on any atom is -0.496 e. The van der Waals surface area contributed by atoms with Gasteiger partial charge in [0.05, 0.1) is 12.8 Å². The van der Waals surface area contributed by atoms with E-state index in [9.17, 15) is 4.79 Å². The van der Waals surface area contributed by atoms with Gasteiger partial charge in [0.25, 0.3) is 0 Å². The van der Waals surface area contributed by atoms with Crippen molar-refractivity contribution in [1.29, 1.82) is 0 Å². The van der Waals surface area contributed by atoms with Crippen molar-refractivity contribution < 1.29 is 14.6 Å². The Morgan fingerprint density at radius 3 is 2.60 bits per heavy atom. The van der Waals surface area contributed by atoms with E-state index in [2.05, 4.69) is 10.1 Å². The lowest BCUT2D eigenvalue weighted by Gasteiger charge is -2.08. The van der Waals surface area contributed by atoms with Crippen LogP contribution in [0.1, 0.15) is 41.8 Å². The van der Waals surface area contributed by atoms with Gasteiger partial charge in [0.1, 0.15) is 17.1 Å². The van der Waals surface area contributed by atoms with Gasteiger partial charge in [-0.25, -0.2) is 14.5 Å². The third-order valence-corrected chi connectivity index (χ3v) is 2.96. The molecule has 0 aliphatic heterocycles. The number of carbonyl (C=O) groups is 1. The molecule has 0 fully saturated rings. The van der Waals surface area contributed by atoms with Gasteiger partial charge in [-0.1, -0.05) is 13.8 Å². The second-order valence-electron chi connectivity index (χ2n) is 4.77. The fraction of sp³-hybridized carbons (Fsp3) is 0.357. The number of aromatic nitrogens is 3. The van der Waals surface area contributed by atoms with E-state index in [1.54, 1.807) is 16.8 Å². The summed E-state index contributed by atoms with van der Waals surface area (Å²) in [6.07, 6.45) is 0. The predicted octanol–water partition coefficient (Wildman–Crippen LogP) is 2.41. The highest BCUT2D eigenvalue weighted by Crippen LogP contribution is 2.23. The van der Waals surface area contributed by atoms with E-state index in [1.807, 2.05) is 20.8 Å². The molecule has 106 valence electrons. The lowest BCUT2D eigenvalue weighted by molar-refractivity contribution is 0.0693. The Morgan fingerprint density at radius 2 is 2.10 bits per heavy atom. The molecule has 0 bridgehead atoms. The molecule has 0 aliphatic rings. The van der Waals surface area contributed by atoms with Gasteiger partial charge in [0.2, 0.25) is 0 Å². The van der Waals surface area contributed by atoms with E-state index in [4.69, 9.17) is 9.84 Å². The van der Waals surface area contributed by atoms with E-state index in [1.165, 1.54) is 13.2 Å². The number of hydrogen-bond acceptors (Lipinski definition) is 4. The molecule has 0 spiro atoms. The largest absolute Gasteiger partial charge is 0.496 e. The van der Waals surface area contributed by atoms with Crippen LogP contribution >= 0.6 is 0 Å². The summed E-state index contributed by atoms with van der Waals surface area (Å²) in [5.41, 5.74) is 0.849. The number of ether oxygens (including phenoxy) is 1. The highest BCUT2D eigenvalue weighted by molar-refractivity contribution is 5.91. The number of aromatic carboxylic acids is 1. The van der Waals surface area contributed by atoms with Gasteiger partial charge in [0.15, 0.2) is 5.82 Å². The molecule has 1 N–H and O–H groups in total. The summed E-state index contributed by atoms with van der Waals surface area (Å²) in [5.74, 6) is 1.01. The third-order valence-electron chi connectivity index (χ3n) is 2.96. The Kier molecular flexibility index (Phi) is 3.74. The summed E-state index contributed by atoms with van der Waals surface area (Å²) in [5, 5.41) is 13.5. The van der Waals surface area contributed by atoms with Crippen LogP contribution in [0.3, 0.4) is 0 Å². The smallest absolute Gasteiger partial charge is 0.339 e. The number of methoxy groups -OCH3 is 1. The van der Waals surface area contributed by atoms with E-state index in [0.29, 0.717) is 5.75 Å². The maximum Gasteiger partial charge on any atom is 0.339 e. The van der Waals surface area contributed by atoms with Crippen LogP contribution < -0.4 is 4.74 Å². The number of nitrogens with zero attached hydrogens (tertiary/aromatic N) is 3. The fourth-order valence-electron chi connectivity index (χ4n) is 1.89. The van der Waals surface area contributed by atoms with E-state index >= 15 is 0 Å². The van der Waals surface area contributed by atoms with Crippen molar-refractivity contribution in [2.24, 2.45) is 0 Å². The van der Waals surface area contributed by atoms with Crippen LogP contribution in [0, 0.1) is 6.92 Å². The molecule has 2 rings (SSSR count). The van der Waals surface area contributed by atoms with Crippen molar-refractivity contribution in [1.82, 2.24) is 14.8 Å². The molecule has 6 nitrogen and oxygen atoms in total. The Hall–Kier alpha value is -2.37. The van der Waals surface area contributed by atoms with Gasteiger partial charge in [-0.2, -0.15) is 5.10 Å². The normalized spacial score (nSPS) is 10.8. The van der Waals surface area contributed by atoms with Crippen LogP contribution in [0.5, 0.6) is 5.75 Å². The van der Waals surface area contributed by atoms with Crippen LogP contribution in [-0.4, -0.2) is 33.0 Å². The number of benzene rings is 1. The lowest BCUT2D eigenvalue weighted by atomic mass is 10.2. The standard InChI is InChI=1S/C14H17N3O3/c1-8(2)13-15-9(3)17(16-13)10-5-6-11(14(18)19)12(7-10)20-4/h5-8H,1-4H3,(H,18,19). The molecule has 6 heteroatoms. The Labute approximate surface area is 117 Å². The topological polar surface area (TPSA) is 77.2 Å². The van der Waals surface area contributed by atoms with E-state index in [-0.39, 0.29) is 11.5 Å². The molecule has 0 radical (unpaired) electrons. The number of hydrogen-bond donors (Lipinski definition) is 1. The van der Waals surface area contributed by atoms with Crippen LogP contribution in [-0.2, 0) is 0 Å². The molecule has 20 heavy (non-hydrogen) atoms. The molecule has 2 aromatic rings. The highest BCUT2D eigenvalue weighted by Gasteiger charge is 2.15. The van der Waals surface area contributed by atoms with Gasteiger partial charge >= 0.3 is 5.97 Å². The van der Waals surface area contributed by atoms with E-state index < -0.39 is 5.97 Å². The van der Waals surface area contributed by atoms with Gasteiger partial charge < -0.3 is 9.84 Å². The molecule has 0 unspecified atom stereocenters. The van der Waals surface area contributed by atoms with Crippen LogP contribution in [0.25, 0.3) is 5.69 Å². The average molecular weight is 275 g/mol. The van der Waals surface area contributed by atoms with Gasteiger partial charge in [-0.3, -0.25) is 0 Å². The first-order valence-electron chi connectivity index (χ1n) is 6.29. The fourth-order valence-corrected chi connectivity index (χ4v) is 1.89. The van der Waals surface area contributed by atoms with Crippen molar-refractivity contribution >= 4 is 5.97 Å². The number of carboxylic acid groups (broad SMARTS) is 1. The average Bonchev–Trinajstić information content (AvgIpc) is 2.80. The molecule has 0 saturated heterocycles. The van der Waals surface area contributed by atoms with Crippen LogP contribution in [0.4, 0.5) is 0 Å². The second kappa shape index (κ2) is 5.32. The SMILES string of the molecule is COc1cc(-n2nc(C(C)C)nc2C)ccc1C(=O)O. The van der Waals surface area contributed by atoms with Crippen molar-refractivity contribution in [3.8, 4) is 11.4 Å². The summed E-state index contributed by atoms with van der Waals surface area (Å²) >= 11 is 0. The van der Waals surface area contributed by atoms with Crippen molar-refractivity contribution in [2.75, 3.05) is 7.11 Å². The van der Waals surface area contributed by atoms with Crippen molar-refractivity contribution in [3.05, 3.63) is 35.4 Å². The second-order valence-corrected chi connectivity index (χ2v) is 4.77. The number of rotatable bonds is 4. The van der Waals surface area contributed by atoms with Crippen molar-refractivity contribution in [2.45, 2.75) is 26.7 Å². The van der Waals surface area contributed by atoms with E-state index in [0.717, 1.165) is 17.3 Å². The monoisotopic (exact) mass is 275 g/mol. The van der Waals surface area contributed by atoms with Crippen LogP contribution in [0.15, 0.2) is 18.2 Å². The number of carboxylic acids is 1. The van der Waals surface area contributed by atoms with Gasteiger partial charge in [-0.05, 0) is 19.1 Å². The molecule has 1 aromatic heterocycles. The zero-order valence-corrected chi connectivity index (χ0v) is 11.9. The number of aryl methyl sites for hydroxylation is 1. The maximum absolute atomic E-state index is 11.1. The molecular formula is C14H17N3O3. The Balaban J connectivity index is 2.51. The summed E-state index contributed by atoms with van der Waals surface area (Å²) < 4.78 is 6.80. The summed E-state index contributed by atoms with van der Waals surface area (Å²) in [4.78, 5) is 15.5. The maximum atomic E-state index is 11.1. The third kappa shape index (κ3) is 2.49. The molecule has 0 aliphatic carbocycles.